The fourth-order valence-electron chi connectivity index (χ4n) is 5.23. The number of aromatic nitrogens is 2. The lowest BCUT2D eigenvalue weighted by Gasteiger charge is -2.51. The van der Waals surface area contributed by atoms with Crippen LogP contribution >= 0.6 is 0 Å². The van der Waals surface area contributed by atoms with Crippen LogP contribution in [0, 0.1) is 11.8 Å². The van der Waals surface area contributed by atoms with Crippen molar-refractivity contribution in [2.24, 2.45) is 11.8 Å². The molecule has 1 saturated carbocycles. The molecule has 2 fully saturated rings. The molecule has 1 spiro atoms. The van der Waals surface area contributed by atoms with Gasteiger partial charge in [-0.3, -0.25) is 9.59 Å². The van der Waals surface area contributed by atoms with Gasteiger partial charge in [-0.25, -0.2) is 4.98 Å². The van der Waals surface area contributed by atoms with E-state index < -0.39 is 0 Å². The Bertz CT molecular complexity index is 771. The molecular formula is C21H28N4O2. The lowest BCUT2D eigenvalue weighted by Crippen LogP contribution is -2.59. The summed E-state index contributed by atoms with van der Waals surface area (Å²) in [6.07, 6.45) is 13.4. The van der Waals surface area contributed by atoms with Crippen LogP contribution in [0.1, 0.15) is 56.3 Å². The zero-order chi connectivity index (χ0) is 18.4. The first-order valence-electron chi connectivity index (χ1n) is 10.5. The number of carbonyl (C=O) groups is 2. The van der Waals surface area contributed by atoms with E-state index in [0.717, 1.165) is 76.7 Å². The van der Waals surface area contributed by atoms with E-state index in [1.54, 1.807) is 6.33 Å². The third-order valence-corrected chi connectivity index (χ3v) is 6.97. The third kappa shape index (κ3) is 2.80. The van der Waals surface area contributed by atoms with Crippen molar-refractivity contribution in [3.8, 4) is 0 Å². The molecule has 5 rings (SSSR count). The average molecular weight is 368 g/mol. The van der Waals surface area contributed by atoms with Crippen molar-refractivity contribution in [2.75, 3.05) is 19.6 Å². The first-order chi connectivity index (χ1) is 13.2. The zero-order valence-electron chi connectivity index (χ0n) is 15.8. The largest absolute Gasteiger partial charge is 0.348 e. The highest BCUT2D eigenvalue weighted by molar-refractivity contribution is 5.82. The summed E-state index contributed by atoms with van der Waals surface area (Å²) in [4.78, 5) is 38.1. The van der Waals surface area contributed by atoms with E-state index in [-0.39, 0.29) is 17.4 Å². The van der Waals surface area contributed by atoms with Gasteiger partial charge in [-0.1, -0.05) is 12.2 Å². The van der Waals surface area contributed by atoms with Gasteiger partial charge in [0.05, 0.1) is 17.6 Å². The molecule has 27 heavy (non-hydrogen) atoms. The molecule has 4 aliphatic rings. The van der Waals surface area contributed by atoms with Crippen LogP contribution in [0.15, 0.2) is 18.5 Å². The Morgan fingerprint density at radius 3 is 2.56 bits per heavy atom. The topological polar surface area (TPSA) is 69.3 Å². The normalized spacial score (nSPS) is 26.9. The van der Waals surface area contributed by atoms with Gasteiger partial charge in [0.1, 0.15) is 0 Å². The number of fused-ring (bicyclic) bond motifs is 2. The van der Waals surface area contributed by atoms with E-state index in [1.807, 2.05) is 4.90 Å². The Hall–Kier alpha value is -2.11. The zero-order valence-corrected chi connectivity index (χ0v) is 15.8. The van der Waals surface area contributed by atoms with Crippen molar-refractivity contribution in [2.45, 2.75) is 56.9 Å². The van der Waals surface area contributed by atoms with Gasteiger partial charge in [0.15, 0.2) is 0 Å². The van der Waals surface area contributed by atoms with Gasteiger partial charge in [0.2, 0.25) is 11.8 Å². The summed E-state index contributed by atoms with van der Waals surface area (Å²) in [5, 5.41) is 0. The van der Waals surface area contributed by atoms with E-state index >= 15 is 0 Å². The highest BCUT2D eigenvalue weighted by atomic mass is 16.2. The van der Waals surface area contributed by atoms with E-state index in [9.17, 15) is 9.59 Å². The van der Waals surface area contributed by atoms with Crippen molar-refractivity contribution < 1.29 is 9.59 Å². The number of carbonyl (C=O) groups excluding carboxylic acids is 2. The predicted molar refractivity (Wildman–Crippen MR) is 101 cm³/mol. The van der Waals surface area contributed by atoms with Crippen molar-refractivity contribution in [1.29, 1.82) is 0 Å². The molecule has 6 heteroatoms. The summed E-state index contributed by atoms with van der Waals surface area (Å²) in [5.74, 6) is 0.963. The Labute approximate surface area is 160 Å². The molecule has 6 nitrogen and oxygen atoms in total. The number of nitrogens with zero attached hydrogens (tertiary/aromatic N) is 3. The fourth-order valence-corrected chi connectivity index (χ4v) is 5.23. The van der Waals surface area contributed by atoms with Gasteiger partial charge in [-0.2, -0.15) is 0 Å². The number of piperidine rings is 1. The Balaban J connectivity index is 1.37. The van der Waals surface area contributed by atoms with Crippen LogP contribution < -0.4 is 0 Å². The van der Waals surface area contributed by atoms with Crippen molar-refractivity contribution in [1.82, 2.24) is 19.8 Å². The SMILES string of the molecule is O=C([C@@H]1CC=CCC1)N1CCC2(CC1)c1nc[nH]c1CCN2C(=O)C1CC1. The van der Waals surface area contributed by atoms with Gasteiger partial charge in [0, 0.05) is 43.6 Å². The summed E-state index contributed by atoms with van der Waals surface area (Å²) < 4.78 is 0. The van der Waals surface area contributed by atoms with Crippen LogP contribution in [-0.4, -0.2) is 51.2 Å². The van der Waals surface area contributed by atoms with Gasteiger partial charge in [-0.05, 0) is 44.9 Å². The number of imidazole rings is 1. The quantitative estimate of drug-likeness (QED) is 0.815. The van der Waals surface area contributed by atoms with Gasteiger partial charge in [-0.15, -0.1) is 0 Å². The molecule has 1 aromatic heterocycles. The monoisotopic (exact) mass is 368 g/mol. The lowest BCUT2D eigenvalue weighted by molar-refractivity contribution is -0.147. The minimum absolute atomic E-state index is 0.139. The number of rotatable bonds is 2. The standard InChI is InChI=1S/C21H28N4O2/c26-19(15-4-2-1-3-5-15)24-12-9-21(10-13-24)18-17(22-14-23-18)8-11-25(21)20(27)16-6-7-16/h1-2,14-16H,3-13H2,(H,22,23)/t15-/m1/s1. The Morgan fingerprint density at radius 2 is 1.85 bits per heavy atom. The molecule has 1 aromatic rings. The number of likely N-dealkylation sites (tertiary alicyclic amines) is 1. The molecule has 0 aromatic carbocycles. The van der Waals surface area contributed by atoms with Crippen molar-refractivity contribution in [3.05, 3.63) is 29.9 Å². The summed E-state index contributed by atoms with van der Waals surface area (Å²) in [6, 6.07) is 0. The van der Waals surface area contributed by atoms with E-state index in [1.165, 1.54) is 5.69 Å². The minimum Gasteiger partial charge on any atom is -0.348 e. The molecule has 0 radical (unpaired) electrons. The second kappa shape index (κ2) is 6.50. The number of amides is 2. The second-order valence-electron chi connectivity index (χ2n) is 8.58. The third-order valence-electron chi connectivity index (χ3n) is 6.97. The minimum atomic E-state index is -0.323. The summed E-state index contributed by atoms with van der Waals surface area (Å²) in [7, 11) is 0. The van der Waals surface area contributed by atoms with Crippen LogP contribution in [0.25, 0.3) is 0 Å². The summed E-state index contributed by atoms with van der Waals surface area (Å²) in [6.45, 7) is 2.21. The maximum absolute atomic E-state index is 13.0. The van der Waals surface area contributed by atoms with Crippen LogP contribution in [0.5, 0.6) is 0 Å². The first-order valence-corrected chi connectivity index (χ1v) is 10.5. The highest BCUT2D eigenvalue weighted by Gasteiger charge is 2.51. The maximum atomic E-state index is 13.0. The number of hydrogen-bond acceptors (Lipinski definition) is 3. The predicted octanol–water partition coefficient (Wildman–Crippen LogP) is 2.38. The van der Waals surface area contributed by atoms with E-state index in [0.29, 0.717) is 11.8 Å². The molecule has 1 atom stereocenters. The Kier molecular flexibility index (Phi) is 4.10. The van der Waals surface area contributed by atoms with Crippen molar-refractivity contribution in [3.63, 3.8) is 0 Å². The van der Waals surface area contributed by atoms with Crippen LogP contribution in [0.4, 0.5) is 0 Å². The van der Waals surface area contributed by atoms with Gasteiger partial charge in [0.25, 0.3) is 0 Å². The molecule has 2 aliphatic carbocycles. The number of nitrogens with one attached hydrogen (secondary N) is 1. The number of aromatic amines is 1. The van der Waals surface area contributed by atoms with E-state index in [2.05, 4.69) is 27.0 Å². The maximum Gasteiger partial charge on any atom is 0.226 e. The van der Waals surface area contributed by atoms with E-state index in [4.69, 9.17) is 0 Å². The van der Waals surface area contributed by atoms with Crippen molar-refractivity contribution >= 4 is 11.8 Å². The molecule has 0 bridgehead atoms. The highest BCUT2D eigenvalue weighted by Crippen LogP contribution is 2.45. The molecule has 144 valence electrons. The summed E-state index contributed by atoms with van der Waals surface area (Å²) >= 11 is 0. The molecule has 3 heterocycles. The lowest BCUT2D eigenvalue weighted by atomic mass is 9.78. The molecule has 2 amide bonds. The Morgan fingerprint density at radius 1 is 1.04 bits per heavy atom. The first kappa shape index (κ1) is 17.0. The van der Waals surface area contributed by atoms with Crippen LogP contribution in [-0.2, 0) is 21.5 Å². The van der Waals surface area contributed by atoms with Gasteiger partial charge >= 0.3 is 0 Å². The molecule has 1 saturated heterocycles. The number of H-pyrrole nitrogens is 1. The smallest absolute Gasteiger partial charge is 0.226 e. The fraction of sp³-hybridized carbons (Fsp3) is 0.667. The molecule has 2 aliphatic heterocycles. The van der Waals surface area contributed by atoms with Crippen LogP contribution in [0.3, 0.4) is 0 Å². The molecule has 1 N–H and O–H groups in total. The number of hydrogen-bond donors (Lipinski definition) is 1. The summed E-state index contributed by atoms with van der Waals surface area (Å²) in [5.41, 5.74) is 1.90. The second-order valence-corrected chi connectivity index (χ2v) is 8.58. The molecule has 0 unspecified atom stereocenters. The number of allylic oxidation sites excluding steroid dienone is 2. The molecular weight excluding hydrogens is 340 g/mol. The van der Waals surface area contributed by atoms with Crippen LogP contribution in [0.2, 0.25) is 0 Å². The average Bonchev–Trinajstić information content (AvgIpc) is 3.45. The van der Waals surface area contributed by atoms with Gasteiger partial charge < -0.3 is 14.8 Å².